The van der Waals surface area contributed by atoms with Crippen LogP contribution in [0.2, 0.25) is 0 Å². The first-order valence-corrected chi connectivity index (χ1v) is 3.99. The highest BCUT2D eigenvalue weighted by Crippen LogP contribution is 2.14. The fourth-order valence-corrected chi connectivity index (χ4v) is 1.52. The highest BCUT2D eigenvalue weighted by Gasteiger charge is 2.03. The summed E-state index contributed by atoms with van der Waals surface area (Å²) in [6.45, 7) is 2.11. The van der Waals surface area contributed by atoms with E-state index < -0.39 is 0 Å². The summed E-state index contributed by atoms with van der Waals surface area (Å²) in [5.41, 5.74) is 3.26. The number of hydrogen-bond donors (Lipinski definition) is 1. The van der Waals surface area contributed by atoms with Crippen molar-refractivity contribution in [1.82, 2.24) is 4.40 Å². The lowest BCUT2D eigenvalue weighted by atomic mass is 10.3. The van der Waals surface area contributed by atoms with Crippen molar-refractivity contribution in [2.24, 2.45) is 0 Å². The van der Waals surface area contributed by atoms with Gasteiger partial charge < -0.3 is 9.51 Å². The summed E-state index contributed by atoms with van der Waals surface area (Å²) in [7, 11) is 0. The van der Waals surface area contributed by atoms with Crippen molar-refractivity contribution in [2.75, 3.05) is 0 Å². The molecular weight excluding hydrogens is 150 g/mol. The third kappa shape index (κ3) is 0.924. The predicted molar refractivity (Wildman–Crippen MR) is 48.1 cm³/mol. The van der Waals surface area contributed by atoms with Crippen molar-refractivity contribution in [3.05, 3.63) is 41.7 Å². The fourth-order valence-electron chi connectivity index (χ4n) is 1.52. The van der Waals surface area contributed by atoms with E-state index in [1.807, 2.05) is 35.7 Å². The van der Waals surface area contributed by atoms with Crippen LogP contribution in [-0.2, 0) is 6.61 Å². The summed E-state index contributed by atoms with van der Waals surface area (Å²) < 4.78 is 2.01. The molecule has 2 aromatic rings. The molecule has 0 aliphatic rings. The van der Waals surface area contributed by atoms with Crippen molar-refractivity contribution < 1.29 is 5.11 Å². The third-order valence-electron chi connectivity index (χ3n) is 2.15. The second-order valence-corrected chi connectivity index (χ2v) is 2.93. The van der Waals surface area contributed by atoms with Crippen LogP contribution in [0.4, 0.5) is 0 Å². The highest BCUT2D eigenvalue weighted by atomic mass is 16.3. The Bertz CT molecular complexity index is 403. The summed E-state index contributed by atoms with van der Waals surface area (Å²) in [4.78, 5) is 0. The predicted octanol–water partition coefficient (Wildman–Crippen LogP) is 1.74. The van der Waals surface area contributed by atoms with Gasteiger partial charge >= 0.3 is 0 Å². The molecule has 12 heavy (non-hydrogen) atoms. The summed E-state index contributed by atoms with van der Waals surface area (Å²) in [5.74, 6) is 0. The Balaban J connectivity index is 2.81. The quantitative estimate of drug-likeness (QED) is 0.677. The number of aryl methyl sites for hydroxylation is 1. The van der Waals surface area contributed by atoms with Crippen LogP contribution in [-0.4, -0.2) is 9.51 Å². The minimum absolute atomic E-state index is 0.101. The topological polar surface area (TPSA) is 24.6 Å². The van der Waals surface area contributed by atoms with Gasteiger partial charge in [0.25, 0.3) is 0 Å². The van der Waals surface area contributed by atoms with Crippen molar-refractivity contribution in [2.45, 2.75) is 13.5 Å². The lowest BCUT2D eigenvalue weighted by Crippen LogP contribution is -1.92. The molecule has 2 heterocycles. The zero-order valence-corrected chi connectivity index (χ0v) is 6.99. The molecule has 0 radical (unpaired) electrons. The maximum absolute atomic E-state index is 9.08. The third-order valence-corrected chi connectivity index (χ3v) is 2.15. The average Bonchev–Trinajstić information content (AvgIpc) is 2.40. The summed E-state index contributed by atoms with van der Waals surface area (Å²) >= 11 is 0. The highest BCUT2D eigenvalue weighted by molar-refractivity contribution is 5.52. The van der Waals surface area contributed by atoms with Gasteiger partial charge in [-0.3, -0.25) is 0 Å². The van der Waals surface area contributed by atoms with Gasteiger partial charge in [0.05, 0.1) is 12.3 Å². The van der Waals surface area contributed by atoms with E-state index in [9.17, 15) is 0 Å². The molecule has 2 heteroatoms. The number of nitrogens with zero attached hydrogens (tertiary/aromatic N) is 1. The Morgan fingerprint density at radius 3 is 3.00 bits per heavy atom. The number of rotatable bonds is 1. The number of hydrogen-bond acceptors (Lipinski definition) is 1. The lowest BCUT2D eigenvalue weighted by Gasteiger charge is -1.98. The van der Waals surface area contributed by atoms with Crippen molar-refractivity contribution in [3.63, 3.8) is 0 Å². The van der Waals surface area contributed by atoms with E-state index >= 15 is 0 Å². The first-order chi connectivity index (χ1) is 5.83. The first kappa shape index (κ1) is 7.37. The van der Waals surface area contributed by atoms with E-state index in [0.29, 0.717) is 0 Å². The first-order valence-electron chi connectivity index (χ1n) is 3.99. The van der Waals surface area contributed by atoms with E-state index in [4.69, 9.17) is 5.11 Å². The van der Waals surface area contributed by atoms with Gasteiger partial charge in [-0.2, -0.15) is 0 Å². The van der Waals surface area contributed by atoms with Crippen LogP contribution in [0.1, 0.15) is 11.3 Å². The molecule has 2 rings (SSSR count). The van der Waals surface area contributed by atoms with Gasteiger partial charge in [-0.15, -0.1) is 0 Å². The molecule has 0 fully saturated rings. The Morgan fingerprint density at radius 1 is 1.42 bits per heavy atom. The summed E-state index contributed by atoms with van der Waals surface area (Å²) in [5, 5.41) is 9.08. The number of aliphatic hydroxyl groups is 1. The zero-order chi connectivity index (χ0) is 8.55. The molecular formula is C10H11NO. The second kappa shape index (κ2) is 2.64. The molecule has 0 aromatic carbocycles. The van der Waals surface area contributed by atoms with E-state index in [1.165, 1.54) is 0 Å². The van der Waals surface area contributed by atoms with Gasteiger partial charge in [0.2, 0.25) is 0 Å². The van der Waals surface area contributed by atoms with E-state index in [2.05, 4.69) is 6.07 Å². The van der Waals surface area contributed by atoms with Crippen LogP contribution in [0.3, 0.4) is 0 Å². The Morgan fingerprint density at radius 2 is 2.25 bits per heavy atom. The van der Waals surface area contributed by atoms with Crippen LogP contribution in [0, 0.1) is 6.92 Å². The molecule has 0 spiro atoms. The minimum Gasteiger partial charge on any atom is -0.390 e. The zero-order valence-electron chi connectivity index (χ0n) is 6.99. The standard InChI is InChI=1S/C10H11NO/c1-8-6-9-4-2-3-5-11(9)10(8)7-12/h2-6,12H,7H2,1H3. The molecule has 0 aliphatic carbocycles. The second-order valence-electron chi connectivity index (χ2n) is 2.93. The van der Waals surface area contributed by atoms with Crippen LogP contribution in [0.25, 0.3) is 5.52 Å². The number of fused-ring (bicyclic) bond motifs is 1. The van der Waals surface area contributed by atoms with Crippen molar-refractivity contribution in [3.8, 4) is 0 Å². The summed E-state index contributed by atoms with van der Waals surface area (Å²) in [6, 6.07) is 8.07. The molecule has 0 amide bonds. The molecule has 62 valence electrons. The van der Waals surface area contributed by atoms with Crippen molar-refractivity contribution >= 4 is 5.52 Å². The molecule has 1 N–H and O–H groups in total. The van der Waals surface area contributed by atoms with Crippen LogP contribution >= 0.6 is 0 Å². The van der Waals surface area contributed by atoms with Gasteiger partial charge in [-0.05, 0) is 30.7 Å². The molecule has 0 bridgehead atoms. The Kier molecular flexibility index (Phi) is 1.62. The van der Waals surface area contributed by atoms with Crippen LogP contribution in [0.15, 0.2) is 30.5 Å². The smallest absolute Gasteiger partial charge is 0.0839 e. The van der Waals surface area contributed by atoms with E-state index in [0.717, 1.165) is 16.8 Å². The number of aromatic nitrogens is 1. The maximum Gasteiger partial charge on any atom is 0.0839 e. The Labute approximate surface area is 71.1 Å². The normalized spacial score (nSPS) is 10.8. The van der Waals surface area contributed by atoms with Crippen molar-refractivity contribution in [1.29, 1.82) is 0 Å². The minimum atomic E-state index is 0.101. The molecule has 2 aromatic heterocycles. The monoisotopic (exact) mass is 161 g/mol. The van der Waals surface area contributed by atoms with Gasteiger partial charge in [-0.1, -0.05) is 6.07 Å². The molecule has 0 saturated carbocycles. The van der Waals surface area contributed by atoms with Crippen LogP contribution < -0.4 is 0 Å². The van der Waals surface area contributed by atoms with E-state index in [1.54, 1.807) is 0 Å². The van der Waals surface area contributed by atoms with Gasteiger partial charge in [0.15, 0.2) is 0 Å². The van der Waals surface area contributed by atoms with Gasteiger partial charge in [0, 0.05) is 11.7 Å². The summed E-state index contributed by atoms with van der Waals surface area (Å²) in [6.07, 6.45) is 1.97. The maximum atomic E-state index is 9.08. The molecule has 0 unspecified atom stereocenters. The largest absolute Gasteiger partial charge is 0.390 e. The Hall–Kier alpha value is -1.28. The van der Waals surface area contributed by atoms with Gasteiger partial charge in [0.1, 0.15) is 0 Å². The SMILES string of the molecule is Cc1cc2ccccn2c1CO. The average molecular weight is 161 g/mol. The van der Waals surface area contributed by atoms with Gasteiger partial charge in [-0.25, -0.2) is 0 Å². The van der Waals surface area contributed by atoms with E-state index in [-0.39, 0.29) is 6.61 Å². The lowest BCUT2D eigenvalue weighted by molar-refractivity contribution is 0.275. The number of pyridine rings is 1. The molecule has 2 nitrogen and oxygen atoms in total. The number of aliphatic hydroxyl groups excluding tert-OH is 1. The molecule has 0 saturated heterocycles. The molecule has 0 atom stereocenters. The molecule has 0 aliphatic heterocycles. The fraction of sp³-hybridized carbons (Fsp3) is 0.200. The van der Waals surface area contributed by atoms with Crippen LogP contribution in [0.5, 0.6) is 0 Å².